The standard InChI is InChI=1S/C25H27F3N6O2S/c1-29-24(35)15-8-9-21(36-2)19(13-15)31-11-4-5-18-23(37-25(27)28)20-6-3-7-22(34(20)33-18)32-17-10-12-30-14-16(17)26/h3,6-9,13,16-17,25,30-32H,10-12,14H2,1-2H3,(H,29,35)/t16-,17+/m0/s1. The molecule has 12 heteroatoms. The molecule has 4 N–H and O–H groups in total. The summed E-state index contributed by atoms with van der Waals surface area (Å²) in [6.45, 7) is 1.07. The topological polar surface area (TPSA) is 91.7 Å². The summed E-state index contributed by atoms with van der Waals surface area (Å²) < 4.78 is 48.0. The molecule has 1 amide bonds. The van der Waals surface area contributed by atoms with E-state index in [-0.39, 0.29) is 29.6 Å². The number of carbonyl (C=O) groups is 1. The van der Waals surface area contributed by atoms with E-state index >= 15 is 0 Å². The molecule has 0 spiro atoms. The maximum Gasteiger partial charge on any atom is 0.289 e. The van der Waals surface area contributed by atoms with E-state index < -0.39 is 18.0 Å². The number of alkyl halides is 3. The second kappa shape index (κ2) is 12.1. The van der Waals surface area contributed by atoms with Crippen molar-refractivity contribution in [3.8, 4) is 17.6 Å². The highest BCUT2D eigenvalue weighted by Gasteiger charge is 2.26. The average molecular weight is 533 g/mol. The number of amides is 1. The number of rotatable bonds is 8. The van der Waals surface area contributed by atoms with Gasteiger partial charge in [-0.3, -0.25) is 4.79 Å². The van der Waals surface area contributed by atoms with E-state index in [1.165, 1.54) is 18.7 Å². The number of hydrogen-bond acceptors (Lipinski definition) is 7. The van der Waals surface area contributed by atoms with Gasteiger partial charge in [-0.05, 0) is 49.2 Å². The van der Waals surface area contributed by atoms with Crippen LogP contribution in [0.1, 0.15) is 22.5 Å². The van der Waals surface area contributed by atoms with Gasteiger partial charge in [0, 0.05) is 19.2 Å². The van der Waals surface area contributed by atoms with Gasteiger partial charge in [0.15, 0.2) is 0 Å². The molecular weight excluding hydrogens is 505 g/mol. The summed E-state index contributed by atoms with van der Waals surface area (Å²) in [7, 11) is 3.05. The highest BCUT2D eigenvalue weighted by atomic mass is 32.2. The molecule has 0 saturated carbocycles. The maximum absolute atomic E-state index is 14.4. The lowest BCUT2D eigenvalue weighted by atomic mass is 10.1. The lowest BCUT2D eigenvalue weighted by molar-refractivity contribution is 0.0963. The van der Waals surface area contributed by atoms with Crippen molar-refractivity contribution in [2.75, 3.05) is 44.4 Å². The number of methoxy groups -OCH3 is 1. The Kier molecular flexibility index (Phi) is 8.68. The third-order valence-corrected chi connectivity index (χ3v) is 6.64. The third-order valence-electron chi connectivity index (χ3n) is 5.82. The first-order valence-corrected chi connectivity index (χ1v) is 12.5. The molecule has 1 fully saturated rings. The van der Waals surface area contributed by atoms with Crippen molar-refractivity contribution in [1.29, 1.82) is 0 Å². The number of carbonyl (C=O) groups excluding carboxylic acids is 1. The van der Waals surface area contributed by atoms with Crippen LogP contribution in [0.3, 0.4) is 0 Å². The van der Waals surface area contributed by atoms with Crippen LogP contribution in [-0.2, 0) is 0 Å². The normalized spacial score (nSPS) is 17.2. The Bertz CT molecular complexity index is 1320. The smallest absolute Gasteiger partial charge is 0.289 e. The van der Waals surface area contributed by atoms with Gasteiger partial charge in [-0.2, -0.15) is 13.9 Å². The molecule has 196 valence electrons. The van der Waals surface area contributed by atoms with E-state index in [1.54, 1.807) is 36.4 Å². The minimum Gasteiger partial charge on any atom is -0.495 e. The van der Waals surface area contributed by atoms with Crippen molar-refractivity contribution in [2.24, 2.45) is 0 Å². The quantitative estimate of drug-likeness (QED) is 0.260. The predicted octanol–water partition coefficient (Wildman–Crippen LogP) is 3.59. The summed E-state index contributed by atoms with van der Waals surface area (Å²) in [6.07, 6.45) is -0.501. The zero-order chi connectivity index (χ0) is 26.4. The van der Waals surface area contributed by atoms with Crippen molar-refractivity contribution < 1.29 is 22.7 Å². The maximum atomic E-state index is 14.4. The van der Waals surface area contributed by atoms with Gasteiger partial charge in [-0.1, -0.05) is 23.7 Å². The number of nitrogens with zero attached hydrogens (tertiary/aromatic N) is 2. The van der Waals surface area contributed by atoms with Crippen LogP contribution in [0, 0.1) is 11.8 Å². The zero-order valence-electron chi connectivity index (χ0n) is 20.3. The molecule has 4 rings (SSSR count). The summed E-state index contributed by atoms with van der Waals surface area (Å²) in [5, 5.41) is 16.3. The molecule has 0 bridgehead atoms. The van der Waals surface area contributed by atoms with Crippen molar-refractivity contribution >= 4 is 34.7 Å². The molecule has 1 aliphatic rings. The highest BCUT2D eigenvalue weighted by Crippen LogP contribution is 2.33. The summed E-state index contributed by atoms with van der Waals surface area (Å²) in [4.78, 5) is 12.2. The summed E-state index contributed by atoms with van der Waals surface area (Å²) in [6, 6.07) is 9.65. The number of fused-ring (bicyclic) bond motifs is 1. The van der Waals surface area contributed by atoms with Crippen LogP contribution in [0.25, 0.3) is 5.52 Å². The number of halogens is 3. The molecule has 1 aromatic carbocycles. The van der Waals surface area contributed by atoms with Gasteiger partial charge >= 0.3 is 0 Å². The Balaban J connectivity index is 1.59. The van der Waals surface area contributed by atoms with E-state index in [0.29, 0.717) is 53.1 Å². The fraction of sp³-hybridized carbons (Fsp3) is 0.360. The first-order chi connectivity index (χ1) is 17.9. The van der Waals surface area contributed by atoms with Gasteiger partial charge in [-0.15, -0.1) is 0 Å². The van der Waals surface area contributed by atoms with E-state index in [0.717, 1.165) is 0 Å². The number of pyridine rings is 1. The third kappa shape index (κ3) is 6.23. The van der Waals surface area contributed by atoms with Gasteiger partial charge in [0.2, 0.25) is 0 Å². The fourth-order valence-electron chi connectivity index (χ4n) is 4.02. The Hall–Kier alpha value is -3.56. The molecule has 0 aliphatic carbocycles. The lowest BCUT2D eigenvalue weighted by Crippen LogP contribution is -2.45. The van der Waals surface area contributed by atoms with Crippen LogP contribution in [0.15, 0.2) is 41.3 Å². The van der Waals surface area contributed by atoms with Gasteiger partial charge in [0.05, 0.1) is 35.8 Å². The zero-order valence-corrected chi connectivity index (χ0v) is 21.1. The van der Waals surface area contributed by atoms with Gasteiger partial charge in [-0.25, -0.2) is 8.91 Å². The van der Waals surface area contributed by atoms with Gasteiger partial charge < -0.3 is 26.0 Å². The van der Waals surface area contributed by atoms with E-state index in [2.05, 4.69) is 38.2 Å². The molecule has 8 nitrogen and oxygen atoms in total. The van der Waals surface area contributed by atoms with Crippen LogP contribution in [0.5, 0.6) is 5.75 Å². The Labute approximate surface area is 216 Å². The predicted molar refractivity (Wildman–Crippen MR) is 139 cm³/mol. The van der Waals surface area contributed by atoms with Crippen LogP contribution < -0.4 is 26.0 Å². The van der Waals surface area contributed by atoms with Crippen molar-refractivity contribution in [3.05, 3.63) is 47.7 Å². The van der Waals surface area contributed by atoms with Crippen LogP contribution in [0.4, 0.5) is 24.7 Å². The Morgan fingerprint density at radius 1 is 1.35 bits per heavy atom. The second-order valence-corrected chi connectivity index (χ2v) is 9.17. The molecule has 1 saturated heterocycles. The number of aromatic nitrogens is 2. The number of hydrogen-bond donors (Lipinski definition) is 4. The van der Waals surface area contributed by atoms with Crippen LogP contribution in [0.2, 0.25) is 0 Å². The Morgan fingerprint density at radius 2 is 2.19 bits per heavy atom. The molecule has 3 aromatic rings. The molecule has 0 unspecified atom stereocenters. The molecule has 3 heterocycles. The Morgan fingerprint density at radius 3 is 2.92 bits per heavy atom. The number of benzene rings is 1. The van der Waals surface area contributed by atoms with Crippen molar-refractivity contribution in [3.63, 3.8) is 0 Å². The highest BCUT2D eigenvalue weighted by molar-refractivity contribution is 7.99. The van der Waals surface area contributed by atoms with Crippen molar-refractivity contribution in [1.82, 2.24) is 20.2 Å². The van der Waals surface area contributed by atoms with Crippen LogP contribution >= 0.6 is 11.8 Å². The minimum atomic E-state index is -2.67. The van der Waals surface area contributed by atoms with E-state index in [9.17, 15) is 18.0 Å². The lowest BCUT2D eigenvalue weighted by Gasteiger charge is -2.28. The number of anilines is 2. The number of thioether (sulfide) groups is 1. The molecular formula is C25H27F3N6O2S. The summed E-state index contributed by atoms with van der Waals surface area (Å²) in [5.41, 5.74) is 1.65. The van der Waals surface area contributed by atoms with Crippen molar-refractivity contribution in [2.45, 2.75) is 29.3 Å². The van der Waals surface area contributed by atoms with E-state index in [1.807, 2.05) is 0 Å². The average Bonchev–Trinajstić information content (AvgIpc) is 3.24. The SMILES string of the molecule is CNC(=O)c1ccc(OC)c(NCC#Cc2nn3c(N[C@@H]4CCNC[C@@H]4F)cccc3c2SC(F)F)c1. The van der Waals surface area contributed by atoms with Gasteiger partial charge in [0.1, 0.15) is 23.4 Å². The summed E-state index contributed by atoms with van der Waals surface area (Å²) in [5.74, 6) is 3.89. The number of nitrogens with one attached hydrogen (secondary N) is 4. The summed E-state index contributed by atoms with van der Waals surface area (Å²) >= 11 is 0.369. The minimum absolute atomic E-state index is 0.143. The monoisotopic (exact) mass is 532 g/mol. The first-order valence-electron chi connectivity index (χ1n) is 11.6. The van der Waals surface area contributed by atoms with Crippen LogP contribution in [-0.4, -0.2) is 67.3 Å². The molecule has 2 atom stereocenters. The molecule has 1 aliphatic heterocycles. The fourth-order valence-corrected chi connectivity index (χ4v) is 4.67. The number of ether oxygens (including phenoxy) is 1. The molecule has 0 radical (unpaired) electrons. The second-order valence-electron chi connectivity index (χ2n) is 8.17. The molecule has 37 heavy (non-hydrogen) atoms. The molecule has 2 aromatic heterocycles. The van der Waals surface area contributed by atoms with E-state index in [4.69, 9.17) is 4.74 Å². The number of piperidine rings is 1. The van der Waals surface area contributed by atoms with Gasteiger partial charge in [0.25, 0.3) is 11.7 Å². The largest absolute Gasteiger partial charge is 0.495 e. The first kappa shape index (κ1) is 26.5.